The van der Waals surface area contributed by atoms with Crippen molar-refractivity contribution in [2.45, 2.75) is 0 Å². The van der Waals surface area contributed by atoms with Crippen LogP contribution in [0.3, 0.4) is 0 Å². The molecule has 0 aliphatic carbocycles. The Kier molecular flexibility index (Phi) is 4.40. The van der Waals surface area contributed by atoms with E-state index in [0.29, 0.717) is 26.7 Å². The van der Waals surface area contributed by atoms with Crippen molar-refractivity contribution < 1.29 is 14.3 Å². The molecule has 0 N–H and O–H groups in total. The van der Waals surface area contributed by atoms with Crippen LogP contribution < -0.4 is 15.0 Å². The van der Waals surface area contributed by atoms with E-state index in [2.05, 4.69) is 15.9 Å². The Labute approximate surface area is 146 Å². The molecule has 1 aromatic heterocycles. The van der Waals surface area contributed by atoms with Gasteiger partial charge in [-0.15, -0.1) is 0 Å². The van der Waals surface area contributed by atoms with Crippen molar-refractivity contribution in [3.8, 4) is 11.5 Å². The maximum absolute atomic E-state index is 12.5. The summed E-state index contributed by atoms with van der Waals surface area (Å²) in [5, 5.41) is 0.687. The number of ether oxygens (including phenoxy) is 2. The van der Waals surface area contributed by atoms with Crippen molar-refractivity contribution in [1.29, 1.82) is 0 Å². The number of hydrogen-bond donors (Lipinski definition) is 0. The van der Waals surface area contributed by atoms with Crippen LogP contribution in [0, 0.1) is 0 Å². The Hall–Kier alpha value is -2.60. The lowest BCUT2D eigenvalue weighted by atomic mass is 10.2. The summed E-state index contributed by atoms with van der Waals surface area (Å²) < 4.78 is 12.7. The van der Waals surface area contributed by atoms with E-state index in [1.807, 2.05) is 12.1 Å². The van der Waals surface area contributed by atoms with Crippen molar-refractivity contribution in [3.63, 3.8) is 0 Å². The number of rotatable bonds is 3. The SMILES string of the molecule is COc1ccc(Br)c(C(=O)Oc2cc(=O)n(C)c3ccccc23)c1. The number of carbonyl (C=O) groups is 1. The second-order valence-electron chi connectivity index (χ2n) is 5.16. The van der Waals surface area contributed by atoms with E-state index in [9.17, 15) is 9.59 Å². The molecule has 0 atom stereocenters. The second-order valence-corrected chi connectivity index (χ2v) is 6.01. The minimum atomic E-state index is -0.570. The van der Waals surface area contributed by atoms with Gasteiger partial charge in [0, 0.05) is 23.0 Å². The van der Waals surface area contributed by atoms with E-state index in [1.165, 1.54) is 17.7 Å². The molecule has 1 heterocycles. The van der Waals surface area contributed by atoms with Gasteiger partial charge in [-0.1, -0.05) is 12.1 Å². The standard InChI is InChI=1S/C18H14BrNO4/c1-20-15-6-4-3-5-12(15)16(10-17(20)21)24-18(22)13-9-11(23-2)7-8-14(13)19/h3-10H,1-2H3. The molecule has 0 radical (unpaired) electrons. The third kappa shape index (κ3) is 2.92. The van der Waals surface area contributed by atoms with Crippen LogP contribution in [0.1, 0.15) is 10.4 Å². The summed E-state index contributed by atoms with van der Waals surface area (Å²) in [6.45, 7) is 0. The molecule has 24 heavy (non-hydrogen) atoms. The third-order valence-electron chi connectivity index (χ3n) is 3.71. The highest BCUT2D eigenvalue weighted by Crippen LogP contribution is 2.27. The summed E-state index contributed by atoms with van der Waals surface area (Å²) in [5.41, 5.74) is 0.762. The van der Waals surface area contributed by atoms with E-state index in [0.717, 1.165) is 0 Å². The summed E-state index contributed by atoms with van der Waals surface area (Å²) in [6.07, 6.45) is 0. The van der Waals surface area contributed by atoms with E-state index in [1.54, 1.807) is 37.4 Å². The topological polar surface area (TPSA) is 57.5 Å². The molecule has 0 saturated heterocycles. The quantitative estimate of drug-likeness (QED) is 0.645. The Balaban J connectivity index is 2.06. The second kappa shape index (κ2) is 6.49. The minimum absolute atomic E-state index is 0.230. The molecule has 3 rings (SSSR count). The van der Waals surface area contributed by atoms with E-state index in [4.69, 9.17) is 9.47 Å². The molecule has 5 nitrogen and oxygen atoms in total. The fraction of sp³-hybridized carbons (Fsp3) is 0.111. The molecule has 0 amide bonds. The molecular formula is C18H14BrNO4. The molecule has 0 bridgehead atoms. The highest BCUT2D eigenvalue weighted by molar-refractivity contribution is 9.10. The molecule has 0 saturated carbocycles. The summed E-state index contributed by atoms with van der Waals surface area (Å²) >= 11 is 3.33. The van der Waals surface area contributed by atoms with Gasteiger partial charge in [-0.3, -0.25) is 4.79 Å². The summed E-state index contributed by atoms with van der Waals surface area (Å²) in [6, 6.07) is 13.6. The number of methoxy groups -OCH3 is 1. The van der Waals surface area contributed by atoms with E-state index < -0.39 is 5.97 Å². The zero-order valence-corrected chi connectivity index (χ0v) is 14.7. The average Bonchev–Trinajstić information content (AvgIpc) is 2.59. The predicted octanol–water partition coefficient (Wildman–Crippen LogP) is 3.53. The first-order valence-corrected chi connectivity index (χ1v) is 7.95. The number of hydrogen-bond acceptors (Lipinski definition) is 4. The van der Waals surface area contributed by atoms with Gasteiger partial charge < -0.3 is 14.0 Å². The molecule has 6 heteroatoms. The minimum Gasteiger partial charge on any atom is -0.497 e. The van der Waals surface area contributed by atoms with Crippen LogP contribution in [0.4, 0.5) is 0 Å². The van der Waals surface area contributed by atoms with Gasteiger partial charge in [0.2, 0.25) is 0 Å². The van der Waals surface area contributed by atoms with Crippen LogP contribution in [0.25, 0.3) is 10.9 Å². The van der Waals surface area contributed by atoms with Gasteiger partial charge in [0.25, 0.3) is 5.56 Å². The molecule has 3 aromatic rings. The van der Waals surface area contributed by atoms with Gasteiger partial charge in [0.1, 0.15) is 11.5 Å². The Morgan fingerprint density at radius 1 is 1.12 bits per heavy atom. The molecular weight excluding hydrogens is 374 g/mol. The van der Waals surface area contributed by atoms with Gasteiger partial charge in [-0.05, 0) is 46.3 Å². The molecule has 0 unspecified atom stereocenters. The Morgan fingerprint density at radius 3 is 2.62 bits per heavy atom. The maximum Gasteiger partial charge on any atom is 0.344 e. The Bertz CT molecular complexity index is 994. The number of halogens is 1. The highest BCUT2D eigenvalue weighted by atomic mass is 79.9. The third-order valence-corrected chi connectivity index (χ3v) is 4.40. The lowest BCUT2D eigenvalue weighted by Crippen LogP contribution is -2.18. The highest BCUT2D eigenvalue weighted by Gasteiger charge is 2.16. The number of para-hydroxylation sites is 1. The fourth-order valence-corrected chi connectivity index (χ4v) is 2.82. The Morgan fingerprint density at radius 2 is 1.88 bits per heavy atom. The lowest BCUT2D eigenvalue weighted by molar-refractivity contribution is 0.0735. The summed E-state index contributed by atoms with van der Waals surface area (Å²) in [5.74, 6) is 0.201. The molecule has 2 aromatic carbocycles. The van der Waals surface area contributed by atoms with Crippen LogP contribution in [-0.4, -0.2) is 17.6 Å². The van der Waals surface area contributed by atoms with Gasteiger partial charge >= 0.3 is 5.97 Å². The molecule has 0 fully saturated rings. The first-order valence-electron chi connectivity index (χ1n) is 7.16. The lowest BCUT2D eigenvalue weighted by Gasteiger charge is -2.11. The molecule has 0 spiro atoms. The van der Waals surface area contributed by atoms with Crippen LogP contribution in [-0.2, 0) is 7.05 Å². The zero-order valence-electron chi connectivity index (χ0n) is 13.1. The van der Waals surface area contributed by atoms with Gasteiger partial charge in [0.15, 0.2) is 0 Å². The van der Waals surface area contributed by atoms with E-state index in [-0.39, 0.29) is 11.3 Å². The number of fused-ring (bicyclic) bond motifs is 1. The van der Waals surface area contributed by atoms with E-state index >= 15 is 0 Å². The molecule has 0 aliphatic rings. The largest absolute Gasteiger partial charge is 0.497 e. The van der Waals surface area contributed by atoms with Crippen LogP contribution >= 0.6 is 15.9 Å². The van der Waals surface area contributed by atoms with Crippen LogP contribution in [0.2, 0.25) is 0 Å². The summed E-state index contributed by atoms with van der Waals surface area (Å²) in [4.78, 5) is 24.6. The number of pyridine rings is 1. The number of carbonyl (C=O) groups excluding carboxylic acids is 1. The van der Waals surface area contributed by atoms with Gasteiger partial charge in [-0.2, -0.15) is 0 Å². The van der Waals surface area contributed by atoms with Crippen LogP contribution in [0.5, 0.6) is 11.5 Å². The first kappa shape index (κ1) is 16.3. The molecule has 0 aliphatic heterocycles. The average molecular weight is 388 g/mol. The predicted molar refractivity (Wildman–Crippen MR) is 94.8 cm³/mol. The van der Waals surface area contributed by atoms with Crippen molar-refractivity contribution in [2.24, 2.45) is 7.05 Å². The number of benzene rings is 2. The first-order chi connectivity index (χ1) is 11.5. The normalized spacial score (nSPS) is 10.6. The van der Waals surface area contributed by atoms with Crippen molar-refractivity contribution in [2.75, 3.05) is 7.11 Å². The van der Waals surface area contributed by atoms with Crippen molar-refractivity contribution in [3.05, 3.63) is 68.9 Å². The summed E-state index contributed by atoms with van der Waals surface area (Å²) in [7, 11) is 3.20. The van der Waals surface area contributed by atoms with Gasteiger partial charge in [-0.25, -0.2) is 4.79 Å². The monoisotopic (exact) mass is 387 g/mol. The number of nitrogens with zero attached hydrogens (tertiary/aromatic N) is 1. The number of aromatic nitrogens is 1. The number of aryl methyl sites for hydroxylation is 1. The molecule has 122 valence electrons. The zero-order chi connectivity index (χ0) is 17.3. The fourth-order valence-electron chi connectivity index (χ4n) is 2.41. The van der Waals surface area contributed by atoms with Gasteiger partial charge in [0.05, 0.1) is 18.2 Å². The smallest absolute Gasteiger partial charge is 0.344 e. The number of esters is 1. The van der Waals surface area contributed by atoms with Crippen molar-refractivity contribution >= 4 is 32.8 Å². The van der Waals surface area contributed by atoms with Crippen LogP contribution in [0.15, 0.2) is 57.8 Å². The van der Waals surface area contributed by atoms with Crippen molar-refractivity contribution in [1.82, 2.24) is 4.57 Å². The maximum atomic E-state index is 12.5.